The summed E-state index contributed by atoms with van der Waals surface area (Å²) in [5.74, 6) is -1.51. The Morgan fingerprint density at radius 1 is 1.15 bits per heavy atom. The molecule has 0 unspecified atom stereocenters. The average Bonchev–Trinajstić information content (AvgIpc) is 2.41. The van der Waals surface area contributed by atoms with Crippen LogP contribution < -0.4 is 16.4 Å². The van der Waals surface area contributed by atoms with Crippen molar-refractivity contribution >= 4 is 17.2 Å². The van der Waals surface area contributed by atoms with Gasteiger partial charge in [0.25, 0.3) is 5.56 Å². The van der Waals surface area contributed by atoms with Crippen LogP contribution in [0.25, 0.3) is 0 Å². The van der Waals surface area contributed by atoms with Crippen LogP contribution in [0.3, 0.4) is 0 Å². The van der Waals surface area contributed by atoms with Crippen molar-refractivity contribution in [3.63, 3.8) is 0 Å². The Labute approximate surface area is 113 Å². The van der Waals surface area contributed by atoms with Crippen LogP contribution in [0.5, 0.6) is 0 Å². The van der Waals surface area contributed by atoms with E-state index in [1.165, 1.54) is 19.2 Å². The van der Waals surface area contributed by atoms with Gasteiger partial charge in [-0.2, -0.15) is 0 Å². The number of anilines is 3. The molecule has 3 N–H and O–H groups in total. The molecule has 0 fully saturated rings. The summed E-state index contributed by atoms with van der Waals surface area (Å²) in [5.41, 5.74) is 1.64. The van der Waals surface area contributed by atoms with Crippen LogP contribution in [-0.4, -0.2) is 9.77 Å². The second-order valence-electron chi connectivity index (χ2n) is 4.34. The number of aryl methyl sites for hydroxylation is 1. The SMILES string of the molecule is Cc1ccc(Nc2c(NO)cc(F)c(=O)n2C)c(F)c1. The summed E-state index contributed by atoms with van der Waals surface area (Å²) in [6, 6.07) is 5.31. The maximum atomic E-state index is 13.8. The van der Waals surface area contributed by atoms with Gasteiger partial charge in [-0.15, -0.1) is 0 Å². The molecular formula is C13H13F2N3O2. The summed E-state index contributed by atoms with van der Waals surface area (Å²) in [7, 11) is 1.31. The molecule has 2 rings (SSSR count). The fourth-order valence-electron chi connectivity index (χ4n) is 1.78. The van der Waals surface area contributed by atoms with Crippen molar-refractivity contribution in [1.29, 1.82) is 0 Å². The van der Waals surface area contributed by atoms with Crippen molar-refractivity contribution < 1.29 is 14.0 Å². The van der Waals surface area contributed by atoms with E-state index >= 15 is 0 Å². The quantitative estimate of drug-likeness (QED) is 0.756. The highest BCUT2D eigenvalue weighted by Gasteiger charge is 2.14. The zero-order valence-electron chi connectivity index (χ0n) is 10.9. The number of hydrogen-bond acceptors (Lipinski definition) is 4. The number of pyridine rings is 1. The van der Waals surface area contributed by atoms with Gasteiger partial charge < -0.3 is 5.32 Å². The summed E-state index contributed by atoms with van der Waals surface area (Å²) < 4.78 is 28.0. The molecule has 106 valence electrons. The lowest BCUT2D eigenvalue weighted by atomic mass is 10.2. The number of nitrogens with one attached hydrogen (secondary N) is 2. The molecule has 0 aliphatic carbocycles. The fraction of sp³-hybridized carbons (Fsp3) is 0.154. The first-order valence-electron chi connectivity index (χ1n) is 5.77. The van der Waals surface area contributed by atoms with E-state index in [9.17, 15) is 13.6 Å². The van der Waals surface area contributed by atoms with E-state index in [4.69, 9.17) is 5.21 Å². The Morgan fingerprint density at radius 2 is 1.85 bits per heavy atom. The van der Waals surface area contributed by atoms with Crippen LogP contribution in [0.1, 0.15) is 5.56 Å². The molecule has 0 radical (unpaired) electrons. The highest BCUT2D eigenvalue weighted by Crippen LogP contribution is 2.25. The standard InChI is InChI=1S/C13H13F2N3O2/c1-7-3-4-10(8(14)5-7)16-12-11(17-20)6-9(15)13(19)18(12)2/h3-6,16-17,20H,1-2H3. The lowest BCUT2D eigenvalue weighted by Crippen LogP contribution is -2.23. The van der Waals surface area contributed by atoms with Gasteiger partial charge in [0.2, 0.25) is 0 Å². The van der Waals surface area contributed by atoms with Crippen molar-refractivity contribution in [2.45, 2.75) is 6.92 Å². The summed E-state index contributed by atoms with van der Waals surface area (Å²) >= 11 is 0. The van der Waals surface area contributed by atoms with Crippen molar-refractivity contribution in [2.24, 2.45) is 7.05 Å². The second kappa shape index (κ2) is 5.30. The first-order valence-corrected chi connectivity index (χ1v) is 5.77. The summed E-state index contributed by atoms with van der Waals surface area (Å²) in [6.07, 6.45) is 0. The number of hydrogen-bond donors (Lipinski definition) is 3. The van der Waals surface area contributed by atoms with Crippen LogP contribution in [0.4, 0.5) is 26.0 Å². The molecule has 7 heteroatoms. The number of aromatic nitrogens is 1. The van der Waals surface area contributed by atoms with Crippen LogP contribution >= 0.6 is 0 Å². The van der Waals surface area contributed by atoms with Crippen LogP contribution in [0.2, 0.25) is 0 Å². The minimum Gasteiger partial charge on any atom is -0.337 e. The highest BCUT2D eigenvalue weighted by molar-refractivity contribution is 5.70. The third-order valence-corrected chi connectivity index (χ3v) is 2.87. The largest absolute Gasteiger partial charge is 0.337 e. The van der Waals surface area contributed by atoms with Gasteiger partial charge in [0.1, 0.15) is 17.3 Å². The lowest BCUT2D eigenvalue weighted by molar-refractivity contribution is 0.387. The van der Waals surface area contributed by atoms with Gasteiger partial charge in [-0.25, -0.2) is 8.78 Å². The molecule has 0 amide bonds. The van der Waals surface area contributed by atoms with Gasteiger partial charge in [0.15, 0.2) is 5.82 Å². The second-order valence-corrected chi connectivity index (χ2v) is 4.34. The monoisotopic (exact) mass is 281 g/mol. The zero-order valence-corrected chi connectivity index (χ0v) is 10.9. The van der Waals surface area contributed by atoms with Gasteiger partial charge >= 0.3 is 0 Å². The lowest BCUT2D eigenvalue weighted by Gasteiger charge is -2.15. The fourth-order valence-corrected chi connectivity index (χ4v) is 1.78. The molecule has 0 spiro atoms. The Balaban J connectivity index is 2.53. The molecule has 5 nitrogen and oxygen atoms in total. The van der Waals surface area contributed by atoms with Crippen molar-refractivity contribution in [2.75, 3.05) is 10.8 Å². The minimum atomic E-state index is -1.03. The summed E-state index contributed by atoms with van der Waals surface area (Å²) in [6.45, 7) is 1.74. The van der Waals surface area contributed by atoms with Crippen LogP contribution in [-0.2, 0) is 7.05 Å². The van der Waals surface area contributed by atoms with E-state index in [1.807, 2.05) is 0 Å². The van der Waals surface area contributed by atoms with E-state index in [0.29, 0.717) is 0 Å². The van der Waals surface area contributed by atoms with E-state index in [0.717, 1.165) is 16.2 Å². The molecular weight excluding hydrogens is 268 g/mol. The molecule has 1 aromatic heterocycles. The Hall–Kier alpha value is -2.41. The van der Waals surface area contributed by atoms with E-state index in [-0.39, 0.29) is 17.2 Å². The number of nitrogens with zero attached hydrogens (tertiary/aromatic N) is 1. The number of rotatable bonds is 3. The average molecular weight is 281 g/mol. The summed E-state index contributed by atoms with van der Waals surface area (Å²) in [4.78, 5) is 11.5. The van der Waals surface area contributed by atoms with E-state index in [2.05, 4.69) is 5.32 Å². The van der Waals surface area contributed by atoms with E-state index < -0.39 is 17.2 Å². The Bertz CT molecular complexity index is 713. The normalized spacial score (nSPS) is 10.4. The van der Waals surface area contributed by atoms with Crippen molar-refractivity contribution in [3.8, 4) is 0 Å². The third kappa shape index (κ3) is 2.48. The smallest absolute Gasteiger partial charge is 0.287 e. The minimum absolute atomic E-state index is 0.0432. The maximum absolute atomic E-state index is 13.8. The number of benzene rings is 1. The topological polar surface area (TPSA) is 66.3 Å². The van der Waals surface area contributed by atoms with Crippen LogP contribution in [0.15, 0.2) is 29.1 Å². The molecule has 1 heterocycles. The molecule has 0 aliphatic rings. The van der Waals surface area contributed by atoms with Gasteiger partial charge in [0.05, 0.1) is 5.69 Å². The zero-order chi connectivity index (χ0) is 14.9. The number of halogens is 2. The first-order chi connectivity index (χ1) is 9.43. The van der Waals surface area contributed by atoms with Gasteiger partial charge in [-0.05, 0) is 24.6 Å². The van der Waals surface area contributed by atoms with Crippen molar-refractivity contribution in [1.82, 2.24) is 4.57 Å². The molecule has 0 saturated carbocycles. The molecule has 0 aliphatic heterocycles. The predicted molar refractivity (Wildman–Crippen MR) is 71.5 cm³/mol. The Kier molecular flexibility index (Phi) is 3.71. The molecule has 1 aromatic carbocycles. The van der Waals surface area contributed by atoms with Gasteiger partial charge in [-0.3, -0.25) is 20.0 Å². The van der Waals surface area contributed by atoms with Gasteiger partial charge in [-0.1, -0.05) is 6.07 Å². The Morgan fingerprint density at radius 3 is 2.45 bits per heavy atom. The molecule has 0 atom stereocenters. The predicted octanol–water partition coefficient (Wildman–Crippen LogP) is 2.52. The van der Waals surface area contributed by atoms with E-state index in [1.54, 1.807) is 18.5 Å². The summed E-state index contributed by atoms with van der Waals surface area (Å²) in [5, 5.41) is 11.6. The molecule has 2 aromatic rings. The molecule has 0 saturated heterocycles. The van der Waals surface area contributed by atoms with Gasteiger partial charge in [0, 0.05) is 13.1 Å². The first kappa shape index (κ1) is 14.0. The molecule has 0 bridgehead atoms. The third-order valence-electron chi connectivity index (χ3n) is 2.87. The van der Waals surface area contributed by atoms with Crippen molar-refractivity contribution in [3.05, 3.63) is 51.8 Å². The van der Waals surface area contributed by atoms with Crippen LogP contribution in [0, 0.1) is 18.6 Å². The molecule has 20 heavy (non-hydrogen) atoms. The maximum Gasteiger partial charge on any atom is 0.287 e. The highest BCUT2D eigenvalue weighted by atomic mass is 19.1.